The van der Waals surface area contributed by atoms with Crippen molar-refractivity contribution in [2.24, 2.45) is 5.92 Å². The molecule has 7 heteroatoms. The van der Waals surface area contributed by atoms with Crippen LogP contribution in [0, 0.1) is 5.92 Å². The van der Waals surface area contributed by atoms with Crippen molar-refractivity contribution < 1.29 is 23.9 Å². The number of aliphatic carboxylic acids is 1. The van der Waals surface area contributed by atoms with E-state index in [0.717, 1.165) is 0 Å². The molecule has 2 amide bonds. The van der Waals surface area contributed by atoms with E-state index in [1.807, 2.05) is 0 Å². The van der Waals surface area contributed by atoms with Crippen molar-refractivity contribution in [3.8, 4) is 0 Å². The van der Waals surface area contributed by atoms with Crippen molar-refractivity contribution in [3.63, 3.8) is 0 Å². The molecule has 1 aliphatic heterocycles. The van der Waals surface area contributed by atoms with Crippen LogP contribution in [-0.2, 0) is 9.59 Å². The molecule has 7 nitrogen and oxygen atoms in total. The lowest BCUT2D eigenvalue weighted by Crippen LogP contribution is -2.53. The first-order valence-electron chi connectivity index (χ1n) is 5.89. The van der Waals surface area contributed by atoms with Crippen molar-refractivity contribution in [1.29, 1.82) is 0 Å². The minimum absolute atomic E-state index is 0.148. The number of nitrogens with one attached hydrogen (secondary N) is 1. The SMILES string of the molecule is O=C(NCCC(=O)N1CC(C(=O)O)C1)c1ccoc1. The third-order valence-electron chi connectivity index (χ3n) is 2.99. The number of amides is 2. The van der Waals surface area contributed by atoms with Crippen LogP contribution in [0.3, 0.4) is 0 Å². The predicted molar refractivity (Wildman–Crippen MR) is 63.4 cm³/mol. The van der Waals surface area contributed by atoms with E-state index < -0.39 is 11.9 Å². The lowest BCUT2D eigenvalue weighted by atomic mass is 10.0. The van der Waals surface area contributed by atoms with Crippen LogP contribution in [0.15, 0.2) is 23.0 Å². The van der Waals surface area contributed by atoms with Crippen LogP contribution in [0.2, 0.25) is 0 Å². The zero-order chi connectivity index (χ0) is 13.8. The molecule has 1 aliphatic rings. The van der Waals surface area contributed by atoms with Gasteiger partial charge in [-0.25, -0.2) is 0 Å². The number of furan rings is 1. The third kappa shape index (κ3) is 3.12. The van der Waals surface area contributed by atoms with Gasteiger partial charge >= 0.3 is 5.97 Å². The standard InChI is InChI=1S/C12H14N2O5/c15-10(14-5-9(6-14)12(17)18)1-3-13-11(16)8-2-4-19-7-8/h2,4,7,9H,1,3,5-6H2,(H,13,16)(H,17,18). The Labute approximate surface area is 109 Å². The van der Waals surface area contributed by atoms with Crippen molar-refractivity contribution >= 4 is 17.8 Å². The average molecular weight is 266 g/mol. The molecule has 1 aromatic heterocycles. The first-order chi connectivity index (χ1) is 9.08. The first-order valence-corrected chi connectivity index (χ1v) is 5.89. The normalized spacial score (nSPS) is 14.8. The van der Waals surface area contributed by atoms with Crippen molar-refractivity contribution in [2.75, 3.05) is 19.6 Å². The minimum atomic E-state index is -0.877. The van der Waals surface area contributed by atoms with Crippen LogP contribution >= 0.6 is 0 Å². The summed E-state index contributed by atoms with van der Waals surface area (Å²) in [5, 5.41) is 11.3. The quantitative estimate of drug-likeness (QED) is 0.777. The second kappa shape index (κ2) is 5.55. The molecule has 0 atom stereocenters. The van der Waals surface area contributed by atoms with E-state index in [9.17, 15) is 14.4 Å². The highest BCUT2D eigenvalue weighted by atomic mass is 16.4. The zero-order valence-corrected chi connectivity index (χ0v) is 10.2. The Kier molecular flexibility index (Phi) is 3.84. The van der Waals surface area contributed by atoms with Gasteiger partial charge in [0.05, 0.1) is 17.7 Å². The van der Waals surface area contributed by atoms with Crippen LogP contribution in [0.5, 0.6) is 0 Å². The molecule has 0 spiro atoms. The molecule has 0 bridgehead atoms. The summed E-state index contributed by atoms with van der Waals surface area (Å²) in [5.41, 5.74) is 0.405. The van der Waals surface area contributed by atoms with Gasteiger partial charge < -0.3 is 19.7 Å². The summed E-state index contributed by atoms with van der Waals surface area (Å²) in [7, 11) is 0. The van der Waals surface area contributed by atoms with Crippen LogP contribution in [0.1, 0.15) is 16.8 Å². The Bertz CT molecular complexity index is 476. The number of carbonyl (C=O) groups excluding carboxylic acids is 2. The molecule has 0 unspecified atom stereocenters. The van der Waals surface area contributed by atoms with Crippen molar-refractivity contribution in [3.05, 3.63) is 24.2 Å². The Balaban J connectivity index is 1.65. The summed E-state index contributed by atoms with van der Waals surface area (Å²) >= 11 is 0. The number of likely N-dealkylation sites (tertiary alicyclic amines) is 1. The molecule has 0 aromatic carbocycles. The lowest BCUT2D eigenvalue weighted by Gasteiger charge is -2.36. The molecule has 19 heavy (non-hydrogen) atoms. The van der Waals surface area contributed by atoms with E-state index in [1.54, 1.807) is 0 Å². The number of hydrogen-bond donors (Lipinski definition) is 2. The number of carbonyl (C=O) groups is 3. The molecule has 102 valence electrons. The minimum Gasteiger partial charge on any atom is -0.481 e. The summed E-state index contributed by atoms with van der Waals surface area (Å²) in [5.74, 6) is -1.78. The van der Waals surface area contributed by atoms with Gasteiger partial charge in [0.25, 0.3) is 5.91 Å². The summed E-state index contributed by atoms with van der Waals surface area (Å²) in [4.78, 5) is 35.2. The summed E-state index contributed by atoms with van der Waals surface area (Å²) < 4.78 is 4.77. The monoisotopic (exact) mass is 266 g/mol. The Hall–Kier alpha value is -2.31. The summed E-state index contributed by atoms with van der Waals surface area (Å²) in [6.45, 7) is 0.727. The van der Waals surface area contributed by atoms with Gasteiger partial charge in [-0.05, 0) is 6.07 Å². The Morgan fingerprint density at radius 2 is 2.16 bits per heavy atom. The first kappa shape index (κ1) is 13.1. The van der Waals surface area contributed by atoms with Crippen LogP contribution < -0.4 is 5.32 Å². The number of rotatable bonds is 5. The maximum Gasteiger partial charge on any atom is 0.310 e. The highest BCUT2D eigenvalue weighted by molar-refractivity contribution is 5.94. The highest BCUT2D eigenvalue weighted by Crippen LogP contribution is 2.16. The molecule has 0 saturated carbocycles. The van der Waals surface area contributed by atoms with E-state index >= 15 is 0 Å². The number of carboxylic acids is 1. The van der Waals surface area contributed by atoms with Gasteiger partial charge in [0.15, 0.2) is 0 Å². The molecule has 2 N–H and O–H groups in total. The van der Waals surface area contributed by atoms with Gasteiger partial charge in [-0.1, -0.05) is 0 Å². The second-order valence-electron chi connectivity index (χ2n) is 4.35. The Morgan fingerprint density at radius 1 is 1.42 bits per heavy atom. The van der Waals surface area contributed by atoms with Crippen LogP contribution in [0.25, 0.3) is 0 Å². The number of carboxylic acid groups (broad SMARTS) is 1. The molecule has 2 rings (SSSR count). The molecule has 1 fully saturated rings. The molecular formula is C12H14N2O5. The molecule has 1 aromatic rings. The van der Waals surface area contributed by atoms with E-state index in [-0.39, 0.29) is 37.9 Å². The van der Waals surface area contributed by atoms with Gasteiger partial charge in [0.1, 0.15) is 6.26 Å². The summed E-state index contributed by atoms with van der Waals surface area (Å²) in [6, 6.07) is 1.53. The third-order valence-corrected chi connectivity index (χ3v) is 2.99. The number of nitrogens with zero attached hydrogens (tertiary/aromatic N) is 1. The van der Waals surface area contributed by atoms with Crippen LogP contribution in [0.4, 0.5) is 0 Å². The largest absolute Gasteiger partial charge is 0.481 e. The fraction of sp³-hybridized carbons (Fsp3) is 0.417. The molecule has 2 heterocycles. The summed E-state index contributed by atoms with van der Waals surface area (Å²) in [6.07, 6.45) is 2.88. The maximum atomic E-state index is 11.6. The fourth-order valence-electron chi connectivity index (χ4n) is 1.78. The van der Waals surface area contributed by atoms with E-state index in [2.05, 4.69) is 5.32 Å². The molecule has 0 aliphatic carbocycles. The maximum absolute atomic E-state index is 11.6. The van der Waals surface area contributed by atoms with Gasteiger partial charge in [0, 0.05) is 26.1 Å². The smallest absolute Gasteiger partial charge is 0.310 e. The fourth-order valence-corrected chi connectivity index (χ4v) is 1.78. The van der Waals surface area contributed by atoms with E-state index in [0.29, 0.717) is 5.56 Å². The van der Waals surface area contributed by atoms with Gasteiger partial charge in [-0.2, -0.15) is 0 Å². The van der Waals surface area contributed by atoms with Gasteiger partial charge in [-0.15, -0.1) is 0 Å². The zero-order valence-electron chi connectivity index (χ0n) is 10.2. The van der Waals surface area contributed by atoms with Gasteiger partial charge in [0.2, 0.25) is 5.91 Å². The molecular weight excluding hydrogens is 252 g/mol. The lowest BCUT2D eigenvalue weighted by molar-refractivity contribution is -0.152. The topological polar surface area (TPSA) is 99.9 Å². The second-order valence-corrected chi connectivity index (χ2v) is 4.35. The van der Waals surface area contributed by atoms with Crippen LogP contribution in [-0.4, -0.2) is 47.4 Å². The molecule has 1 saturated heterocycles. The predicted octanol–water partition coefficient (Wildman–Crippen LogP) is -0.0575. The molecule has 0 radical (unpaired) electrons. The van der Waals surface area contributed by atoms with Crippen molar-refractivity contribution in [1.82, 2.24) is 10.2 Å². The van der Waals surface area contributed by atoms with E-state index in [4.69, 9.17) is 9.52 Å². The Morgan fingerprint density at radius 3 is 2.74 bits per heavy atom. The van der Waals surface area contributed by atoms with E-state index in [1.165, 1.54) is 23.5 Å². The van der Waals surface area contributed by atoms with Gasteiger partial charge in [-0.3, -0.25) is 14.4 Å². The number of hydrogen-bond acceptors (Lipinski definition) is 4. The highest BCUT2D eigenvalue weighted by Gasteiger charge is 2.35. The average Bonchev–Trinajstić information content (AvgIpc) is 2.79. The van der Waals surface area contributed by atoms with Crippen molar-refractivity contribution in [2.45, 2.75) is 6.42 Å².